The van der Waals surface area contributed by atoms with Crippen LogP contribution < -0.4 is 10.5 Å². The lowest BCUT2D eigenvalue weighted by Crippen LogP contribution is -2.37. The first-order chi connectivity index (χ1) is 7.77. The van der Waals surface area contributed by atoms with Crippen LogP contribution in [0.3, 0.4) is 0 Å². The first-order valence-electron chi connectivity index (χ1n) is 5.54. The molecule has 0 spiro atoms. The van der Waals surface area contributed by atoms with Crippen LogP contribution in [0.2, 0.25) is 0 Å². The Labute approximate surface area is 101 Å². The van der Waals surface area contributed by atoms with Crippen molar-refractivity contribution in [3.8, 4) is 5.75 Å². The lowest BCUT2D eigenvalue weighted by molar-refractivity contribution is 0.0391. The summed E-state index contributed by atoms with van der Waals surface area (Å²) in [6, 6.07) is 3.70. The van der Waals surface area contributed by atoms with Gasteiger partial charge in [-0.2, -0.15) is 0 Å². The van der Waals surface area contributed by atoms with Crippen molar-refractivity contribution in [3.63, 3.8) is 0 Å². The molecule has 0 radical (unpaired) electrons. The first-order valence-corrected chi connectivity index (χ1v) is 5.54. The SMILES string of the molecule is COc1ccc([C@@H](N)[C@@H](O)C(C)(C)C)c(F)c1. The zero-order valence-corrected chi connectivity index (χ0v) is 10.7. The Bertz CT molecular complexity index is 387. The van der Waals surface area contributed by atoms with E-state index in [9.17, 15) is 9.50 Å². The van der Waals surface area contributed by atoms with Crippen molar-refractivity contribution in [2.24, 2.45) is 11.1 Å². The molecule has 0 unspecified atom stereocenters. The molecule has 0 saturated heterocycles. The first kappa shape index (κ1) is 13.9. The van der Waals surface area contributed by atoms with Gasteiger partial charge < -0.3 is 15.6 Å². The van der Waals surface area contributed by atoms with Crippen molar-refractivity contribution in [1.29, 1.82) is 0 Å². The predicted octanol–water partition coefficient (Wildman–Crippen LogP) is 2.24. The summed E-state index contributed by atoms with van der Waals surface area (Å²) in [5.41, 5.74) is 5.79. The summed E-state index contributed by atoms with van der Waals surface area (Å²) in [6.45, 7) is 5.58. The maximum Gasteiger partial charge on any atom is 0.131 e. The Morgan fingerprint density at radius 1 is 1.35 bits per heavy atom. The van der Waals surface area contributed by atoms with Crippen LogP contribution in [-0.2, 0) is 0 Å². The Kier molecular flexibility index (Phi) is 4.11. The van der Waals surface area contributed by atoms with Crippen molar-refractivity contribution < 1.29 is 14.2 Å². The van der Waals surface area contributed by atoms with E-state index in [0.29, 0.717) is 11.3 Å². The second kappa shape index (κ2) is 5.02. The van der Waals surface area contributed by atoms with Gasteiger partial charge in [0.2, 0.25) is 0 Å². The van der Waals surface area contributed by atoms with E-state index in [-0.39, 0.29) is 0 Å². The molecule has 3 nitrogen and oxygen atoms in total. The van der Waals surface area contributed by atoms with Gasteiger partial charge in [0.15, 0.2) is 0 Å². The minimum atomic E-state index is -0.814. The topological polar surface area (TPSA) is 55.5 Å². The third kappa shape index (κ3) is 3.17. The van der Waals surface area contributed by atoms with Gasteiger partial charge in [0, 0.05) is 11.6 Å². The monoisotopic (exact) mass is 241 g/mol. The van der Waals surface area contributed by atoms with Gasteiger partial charge in [-0.15, -0.1) is 0 Å². The second-order valence-corrected chi connectivity index (χ2v) is 5.22. The van der Waals surface area contributed by atoms with E-state index in [2.05, 4.69) is 0 Å². The van der Waals surface area contributed by atoms with Gasteiger partial charge in [-0.1, -0.05) is 26.8 Å². The zero-order chi connectivity index (χ0) is 13.2. The van der Waals surface area contributed by atoms with Crippen LogP contribution in [-0.4, -0.2) is 18.3 Å². The van der Waals surface area contributed by atoms with E-state index in [1.54, 1.807) is 12.1 Å². The summed E-state index contributed by atoms with van der Waals surface area (Å²) < 4.78 is 18.7. The highest BCUT2D eigenvalue weighted by Crippen LogP contribution is 2.30. The highest BCUT2D eigenvalue weighted by atomic mass is 19.1. The number of aliphatic hydroxyl groups excluding tert-OH is 1. The molecule has 1 aromatic carbocycles. The number of hydrogen-bond donors (Lipinski definition) is 2. The summed E-state index contributed by atoms with van der Waals surface area (Å²) in [4.78, 5) is 0. The fourth-order valence-electron chi connectivity index (χ4n) is 1.61. The molecule has 3 N–H and O–H groups in total. The van der Waals surface area contributed by atoms with Crippen LogP contribution in [0.1, 0.15) is 32.4 Å². The number of aliphatic hydroxyl groups is 1. The van der Waals surface area contributed by atoms with Crippen LogP contribution >= 0.6 is 0 Å². The van der Waals surface area contributed by atoms with E-state index in [0.717, 1.165) is 0 Å². The molecule has 0 aliphatic heterocycles. The number of ether oxygens (including phenoxy) is 1. The minimum absolute atomic E-state index is 0.299. The van der Waals surface area contributed by atoms with Gasteiger partial charge in [-0.05, 0) is 11.5 Å². The minimum Gasteiger partial charge on any atom is -0.497 e. The fourth-order valence-corrected chi connectivity index (χ4v) is 1.61. The lowest BCUT2D eigenvalue weighted by atomic mass is 9.82. The van der Waals surface area contributed by atoms with Crippen LogP contribution in [0.15, 0.2) is 18.2 Å². The van der Waals surface area contributed by atoms with Crippen LogP contribution in [0.5, 0.6) is 5.75 Å². The number of rotatable bonds is 3. The average molecular weight is 241 g/mol. The predicted molar refractivity (Wildman–Crippen MR) is 65.3 cm³/mol. The molecule has 0 aliphatic rings. The van der Waals surface area contributed by atoms with E-state index in [1.165, 1.54) is 13.2 Å². The van der Waals surface area contributed by atoms with Crippen molar-refractivity contribution in [2.75, 3.05) is 7.11 Å². The summed E-state index contributed by atoms with van der Waals surface area (Å²) in [5.74, 6) is -0.0242. The standard InChI is InChI=1S/C13H20FNO2/c1-13(2,3)12(16)11(15)9-6-5-8(17-4)7-10(9)14/h5-7,11-12,16H,15H2,1-4H3/t11-,12-/m1/s1. The van der Waals surface area contributed by atoms with E-state index in [4.69, 9.17) is 10.5 Å². The number of hydrogen-bond acceptors (Lipinski definition) is 3. The highest BCUT2D eigenvalue weighted by Gasteiger charge is 2.30. The average Bonchev–Trinajstić information content (AvgIpc) is 2.25. The molecule has 4 heteroatoms. The van der Waals surface area contributed by atoms with Gasteiger partial charge in [-0.25, -0.2) is 4.39 Å². The number of halogens is 1. The number of methoxy groups -OCH3 is 1. The highest BCUT2D eigenvalue weighted by molar-refractivity contribution is 5.31. The molecule has 2 atom stereocenters. The van der Waals surface area contributed by atoms with E-state index >= 15 is 0 Å². The van der Waals surface area contributed by atoms with Crippen molar-refractivity contribution >= 4 is 0 Å². The normalized spacial score (nSPS) is 15.5. The van der Waals surface area contributed by atoms with Crippen LogP contribution in [0.25, 0.3) is 0 Å². The third-order valence-electron chi connectivity index (χ3n) is 2.79. The maximum absolute atomic E-state index is 13.8. The molecule has 0 saturated carbocycles. The molecule has 0 amide bonds. The van der Waals surface area contributed by atoms with Crippen molar-refractivity contribution in [1.82, 2.24) is 0 Å². The molecule has 0 fully saturated rings. The molecule has 0 heterocycles. The van der Waals surface area contributed by atoms with Gasteiger partial charge in [0.25, 0.3) is 0 Å². The number of benzene rings is 1. The van der Waals surface area contributed by atoms with Crippen LogP contribution in [0.4, 0.5) is 4.39 Å². The van der Waals surface area contributed by atoms with Gasteiger partial charge in [0.05, 0.1) is 19.3 Å². The molecule has 96 valence electrons. The molecule has 0 aromatic heterocycles. The smallest absolute Gasteiger partial charge is 0.131 e. The zero-order valence-electron chi connectivity index (χ0n) is 10.7. The largest absolute Gasteiger partial charge is 0.497 e. The Balaban J connectivity index is 3.01. The van der Waals surface area contributed by atoms with Gasteiger partial charge in [0.1, 0.15) is 11.6 Å². The van der Waals surface area contributed by atoms with Crippen molar-refractivity contribution in [3.05, 3.63) is 29.6 Å². The van der Waals surface area contributed by atoms with Gasteiger partial charge >= 0.3 is 0 Å². The second-order valence-electron chi connectivity index (χ2n) is 5.22. The van der Waals surface area contributed by atoms with Crippen LogP contribution in [0, 0.1) is 11.2 Å². The summed E-state index contributed by atoms with van der Waals surface area (Å²) >= 11 is 0. The summed E-state index contributed by atoms with van der Waals surface area (Å²) in [7, 11) is 1.47. The molecular weight excluding hydrogens is 221 g/mol. The molecule has 17 heavy (non-hydrogen) atoms. The molecular formula is C13H20FNO2. The van der Waals surface area contributed by atoms with E-state index < -0.39 is 23.4 Å². The van der Waals surface area contributed by atoms with Gasteiger partial charge in [-0.3, -0.25) is 0 Å². The molecule has 1 aromatic rings. The Morgan fingerprint density at radius 3 is 2.35 bits per heavy atom. The number of nitrogens with two attached hydrogens (primary N) is 1. The summed E-state index contributed by atoms with van der Waals surface area (Å²) in [5, 5.41) is 10.0. The lowest BCUT2D eigenvalue weighted by Gasteiger charge is -2.31. The molecule has 0 bridgehead atoms. The van der Waals surface area contributed by atoms with Crippen molar-refractivity contribution in [2.45, 2.75) is 32.9 Å². The third-order valence-corrected chi connectivity index (χ3v) is 2.79. The molecule has 0 aliphatic carbocycles. The summed E-state index contributed by atoms with van der Waals surface area (Å²) in [6.07, 6.45) is -0.814. The maximum atomic E-state index is 13.8. The Hall–Kier alpha value is -1.13. The quantitative estimate of drug-likeness (QED) is 0.853. The molecule has 1 rings (SSSR count). The van der Waals surface area contributed by atoms with E-state index in [1.807, 2.05) is 20.8 Å². The Morgan fingerprint density at radius 2 is 1.94 bits per heavy atom. The fraction of sp³-hybridized carbons (Fsp3) is 0.538.